The zero-order valence-corrected chi connectivity index (χ0v) is 10.7. The third-order valence-corrected chi connectivity index (χ3v) is 4.48. The normalized spacial score (nSPS) is 30.3. The monoisotopic (exact) mass is 260 g/mol. The van der Waals surface area contributed by atoms with Crippen molar-refractivity contribution in [1.82, 2.24) is 4.90 Å². The van der Waals surface area contributed by atoms with Gasteiger partial charge in [0, 0.05) is 25.6 Å². The minimum Gasteiger partial charge on any atom is -0.393 e. The summed E-state index contributed by atoms with van der Waals surface area (Å²) in [6.45, 7) is 2.40. The van der Waals surface area contributed by atoms with E-state index in [4.69, 9.17) is 5.26 Å². The van der Waals surface area contributed by atoms with Crippen LogP contribution in [0.4, 0.5) is 4.39 Å². The average molecular weight is 260 g/mol. The molecular formula is C15H17FN2O. The summed E-state index contributed by atoms with van der Waals surface area (Å²) in [5.41, 5.74) is 1.29. The van der Waals surface area contributed by atoms with Gasteiger partial charge < -0.3 is 5.11 Å². The molecule has 3 atom stereocenters. The number of hydrogen-bond donors (Lipinski definition) is 1. The van der Waals surface area contributed by atoms with Crippen LogP contribution in [0, 0.1) is 29.0 Å². The summed E-state index contributed by atoms with van der Waals surface area (Å²) in [6.07, 6.45) is 1.81. The summed E-state index contributed by atoms with van der Waals surface area (Å²) < 4.78 is 13.3. The van der Waals surface area contributed by atoms with E-state index in [1.54, 1.807) is 0 Å². The van der Waals surface area contributed by atoms with Gasteiger partial charge in [0.05, 0.1) is 17.7 Å². The first-order valence-electron chi connectivity index (χ1n) is 6.76. The molecule has 2 fully saturated rings. The molecule has 100 valence electrons. The first-order valence-corrected chi connectivity index (χ1v) is 6.76. The lowest BCUT2D eigenvalue weighted by atomic mass is 10.00. The van der Waals surface area contributed by atoms with Gasteiger partial charge in [0.25, 0.3) is 0 Å². The smallest absolute Gasteiger partial charge is 0.123 e. The Hall–Kier alpha value is -1.44. The molecule has 4 heteroatoms. The second-order valence-corrected chi connectivity index (χ2v) is 5.68. The fourth-order valence-electron chi connectivity index (χ4n) is 3.50. The first kappa shape index (κ1) is 12.6. The van der Waals surface area contributed by atoms with Crippen molar-refractivity contribution in [3.63, 3.8) is 0 Å². The van der Waals surface area contributed by atoms with Crippen LogP contribution in [0.2, 0.25) is 0 Å². The number of halogens is 1. The maximum absolute atomic E-state index is 13.3. The molecule has 1 aliphatic carbocycles. The average Bonchev–Trinajstić information content (AvgIpc) is 2.92. The third-order valence-electron chi connectivity index (χ3n) is 4.48. The predicted molar refractivity (Wildman–Crippen MR) is 68.6 cm³/mol. The fraction of sp³-hybridized carbons (Fsp3) is 0.533. The van der Waals surface area contributed by atoms with Crippen molar-refractivity contribution in [3.8, 4) is 6.07 Å². The number of aliphatic hydroxyl groups excluding tert-OH is 1. The zero-order chi connectivity index (χ0) is 13.4. The number of nitrogens with zero attached hydrogens (tertiary/aromatic N) is 2. The summed E-state index contributed by atoms with van der Waals surface area (Å²) in [5.74, 6) is 0.626. The molecule has 0 bridgehead atoms. The van der Waals surface area contributed by atoms with Crippen molar-refractivity contribution in [2.45, 2.75) is 25.5 Å². The van der Waals surface area contributed by atoms with Crippen LogP contribution in [0.1, 0.15) is 24.0 Å². The van der Waals surface area contributed by atoms with Crippen LogP contribution in [0.15, 0.2) is 18.2 Å². The maximum atomic E-state index is 13.3. The Bertz CT molecular complexity index is 525. The van der Waals surface area contributed by atoms with E-state index in [9.17, 15) is 9.50 Å². The molecule has 1 aliphatic heterocycles. The maximum Gasteiger partial charge on any atom is 0.123 e. The highest BCUT2D eigenvalue weighted by atomic mass is 19.1. The van der Waals surface area contributed by atoms with Crippen LogP contribution >= 0.6 is 0 Å². The lowest BCUT2D eigenvalue weighted by Crippen LogP contribution is -2.24. The highest BCUT2D eigenvalue weighted by molar-refractivity contribution is 5.37. The molecule has 1 heterocycles. The van der Waals surface area contributed by atoms with Crippen LogP contribution in [-0.2, 0) is 6.54 Å². The first-order chi connectivity index (χ1) is 9.17. The second kappa shape index (κ2) is 4.92. The van der Waals surface area contributed by atoms with E-state index in [-0.39, 0.29) is 11.9 Å². The van der Waals surface area contributed by atoms with Gasteiger partial charge in [-0.3, -0.25) is 4.90 Å². The predicted octanol–water partition coefficient (Wildman–Crippen LogP) is 1.90. The van der Waals surface area contributed by atoms with Gasteiger partial charge >= 0.3 is 0 Å². The van der Waals surface area contributed by atoms with Gasteiger partial charge in [-0.1, -0.05) is 0 Å². The zero-order valence-electron chi connectivity index (χ0n) is 10.7. The van der Waals surface area contributed by atoms with Gasteiger partial charge in [0.15, 0.2) is 0 Å². The van der Waals surface area contributed by atoms with Crippen molar-refractivity contribution in [2.75, 3.05) is 13.1 Å². The van der Waals surface area contributed by atoms with Crippen molar-refractivity contribution < 1.29 is 9.50 Å². The lowest BCUT2D eigenvalue weighted by Gasteiger charge is -2.18. The minimum absolute atomic E-state index is 0.182. The molecule has 3 unspecified atom stereocenters. The second-order valence-electron chi connectivity index (χ2n) is 5.68. The molecule has 0 spiro atoms. The van der Waals surface area contributed by atoms with Gasteiger partial charge in [0.1, 0.15) is 5.82 Å². The Morgan fingerprint density at radius 1 is 1.37 bits per heavy atom. The summed E-state index contributed by atoms with van der Waals surface area (Å²) in [6, 6.07) is 6.42. The quantitative estimate of drug-likeness (QED) is 0.883. The number of benzene rings is 1. The largest absolute Gasteiger partial charge is 0.393 e. The summed E-state index contributed by atoms with van der Waals surface area (Å²) in [5, 5.41) is 18.9. The highest BCUT2D eigenvalue weighted by Gasteiger charge is 2.41. The molecule has 1 saturated heterocycles. The van der Waals surface area contributed by atoms with E-state index in [0.29, 0.717) is 23.9 Å². The van der Waals surface area contributed by atoms with E-state index < -0.39 is 0 Å². The number of hydrogen-bond acceptors (Lipinski definition) is 3. The Morgan fingerprint density at radius 2 is 2.21 bits per heavy atom. The summed E-state index contributed by atoms with van der Waals surface area (Å²) in [7, 11) is 0. The molecule has 1 N–H and O–H groups in total. The standard InChI is InChI=1S/C15H17FN2O/c16-13-3-1-10(6-17)12(5-13)8-18-7-11-2-4-15(19)14(11)9-18/h1,3,5,11,14-15,19H,2,4,7-9H2. The van der Waals surface area contributed by atoms with Gasteiger partial charge in [-0.15, -0.1) is 0 Å². The summed E-state index contributed by atoms with van der Waals surface area (Å²) >= 11 is 0. The molecule has 0 amide bonds. The molecule has 2 aliphatic rings. The highest BCUT2D eigenvalue weighted by Crippen LogP contribution is 2.38. The SMILES string of the molecule is N#Cc1ccc(F)cc1CN1CC2CCC(O)C2C1. The van der Waals surface area contributed by atoms with Crippen molar-refractivity contribution in [2.24, 2.45) is 11.8 Å². The number of nitriles is 1. The molecule has 0 aromatic heterocycles. The molecule has 3 nitrogen and oxygen atoms in total. The molecule has 3 rings (SSSR count). The van der Waals surface area contributed by atoms with E-state index in [1.807, 2.05) is 0 Å². The van der Waals surface area contributed by atoms with E-state index in [1.165, 1.54) is 18.2 Å². The van der Waals surface area contributed by atoms with Gasteiger partial charge in [0.2, 0.25) is 0 Å². The van der Waals surface area contributed by atoms with Crippen LogP contribution in [-0.4, -0.2) is 29.2 Å². The van der Waals surface area contributed by atoms with Crippen molar-refractivity contribution in [1.29, 1.82) is 5.26 Å². The molecule has 1 aromatic rings. The Balaban J connectivity index is 1.73. The number of fused-ring (bicyclic) bond motifs is 1. The van der Waals surface area contributed by atoms with Crippen molar-refractivity contribution in [3.05, 3.63) is 35.1 Å². The van der Waals surface area contributed by atoms with Crippen molar-refractivity contribution >= 4 is 0 Å². The van der Waals surface area contributed by atoms with Crippen LogP contribution in [0.3, 0.4) is 0 Å². The molecule has 19 heavy (non-hydrogen) atoms. The molecular weight excluding hydrogens is 243 g/mol. The van der Waals surface area contributed by atoms with E-state index in [2.05, 4.69) is 11.0 Å². The van der Waals surface area contributed by atoms with E-state index >= 15 is 0 Å². The minimum atomic E-state index is -0.298. The van der Waals surface area contributed by atoms with Gasteiger partial charge in [-0.25, -0.2) is 4.39 Å². The topological polar surface area (TPSA) is 47.3 Å². The summed E-state index contributed by atoms with van der Waals surface area (Å²) in [4.78, 5) is 2.23. The Morgan fingerprint density at radius 3 is 2.95 bits per heavy atom. The Labute approximate surface area is 112 Å². The number of rotatable bonds is 2. The van der Waals surface area contributed by atoms with Crippen LogP contribution in [0.25, 0.3) is 0 Å². The van der Waals surface area contributed by atoms with Crippen LogP contribution < -0.4 is 0 Å². The lowest BCUT2D eigenvalue weighted by molar-refractivity contribution is 0.123. The van der Waals surface area contributed by atoms with Crippen LogP contribution in [0.5, 0.6) is 0 Å². The Kier molecular flexibility index (Phi) is 3.26. The van der Waals surface area contributed by atoms with Gasteiger partial charge in [-0.2, -0.15) is 5.26 Å². The third kappa shape index (κ3) is 2.36. The van der Waals surface area contributed by atoms with Gasteiger partial charge in [-0.05, 0) is 42.5 Å². The fourth-order valence-corrected chi connectivity index (χ4v) is 3.50. The van der Waals surface area contributed by atoms with E-state index in [0.717, 1.165) is 31.5 Å². The molecule has 1 aromatic carbocycles. The molecule has 1 saturated carbocycles. The molecule has 0 radical (unpaired) electrons. The number of likely N-dealkylation sites (tertiary alicyclic amines) is 1. The number of aliphatic hydroxyl groups is 1.